The maximum atomic E-state index is 12.8. The Morgan fingerprint density at radius 3 is 1.92 bits per heavy atom. The first-order valence-corrected chi connectivity index (χ1v) is 7.61. The minimum absolute atomic E-state index is 0.0708. The van der Waals surface area contributed by atoms with Crippen molar-refractivity contribution >= 4 is 12.2 Å². The highest BCUT2D eigenvalue weighted by Gasteiger charge is 2.36. The highest BCUT2D eigenvalue weighted by Crippen LogP contribution is 2.36. The maximum absolute atomic E-state index is 12.8. The zero-order valence-corrected chi connectivity index (χ0v) is 14.4. The Labute approximate surface area is 147 Å². The zero-order valence-electron chi connectivity index (χ0n) is 14.4. The van der Waals surface area contributed by atoms with E-state index in [4.69, 9.17) is 4.74 Å². The third-order valence-corrected chi connectivity index (χ3v) is 2.90. The Bertz CT molecular complexity index is 624. The molecule has 3 nitrogen and oxygen atoms in total. The van der Waals surface area contributed by atoms with Gasteiger partial charge in [-0.2, -0.15) is 26.3 Å². The number of alkyl halides is 6. The van der Waals surface area contributed by atoms with Crippen LogP contribution in [0.4, 0.5) is 31.1 Å². The van der Waals surface area contributed by atoms with Gasteiger partial charge in [-0.3, -0.25) is 0 Å². The summed E-state index contributed by atoms with van der Waals surface area (Å²) in [5.41, 5.74) is -3.66. The van der Waals surface area contributed by atoms with Gasteiger partial charge in [0.15, 0.2) is 0 Å². The van der Waals surface area contributed by atoms with Gasteiger partial charge in [0.1, 0.15) is 5.60 Å². The quantitative estimate of drug-likeness (QED) is 0.539. The van der Waals surface area contributed by atoms with E-state index in [1.54, 1.807) is 20.8 Å². The van der Waals surface area contributed by atoms with Crippen LogP contribution in [0.25, 0.3) is 6.08 Å². The van der Waals surface area contributed by atoms with Crippen LogP contribution in [0.3, 0.4) is 0 Å². The fourth-order valence-corrected chi connectivity index (χ4v) is 1.87. The Hall–Kier alpha value is -2.19. The molecule has 0 fully saturated rings. The van der Waals surface area contributed by atoms with Gasteiger partial charge in [0, 0.05) is 6.54 Å². The minimum atomic E-state index is -4.89. The summed E-state index contributed by atoms with van der Waals surface area (Å²) in [5.74, 6) is 0. The van der Waals surface area contributed by atoms with Gasteiger partial charge in [-0.05, 0) is 51.0 Å². The molecule has 0 spiro atoms. The van der Waals surface area contributed by atoms with E-state index < -0.39 is 35.2 Å². The van der Waals surface area contributed by atoms with Crippen molar-refractivity contribution in [3.63, 3.8) is 0 Å². The number of halogens is 6. The lowest BCUT2D eigenvalue weighted by molar-refractivity contribution is -0.143. The van der Waals surface area contributed by atoms with E-state index in [9.17, 15) is 31.1 Å². The molecule has 1 N–H and O–H groups in total. The number of hydrogen-bond donors (Lipinski definition) is 1. The molecule has 26 heavy (non-hydrogen) atoms. The third-order valence-electron chi connectivity index (χ3n) is 2.90. The van der Waals surface area contributed by atoms with E-state index in [-0.39, 0.29) is 24.6 Å². The number of alkyl carbamates (subject to hydrolysis) is 1. The van der Waals surface area contributed by atoms with Crippen molar-refractivity contribution in [1.29, 1.82) is 0 Å². The predicted octanol–water partition coefficient (Wildman–Crippen LogP) is 5.65. The van der Waals surface area contributed by atoms with Crippen LogP contribution in [0.15, 0.2) is 24.3 Å². The first kappa shape index (κ1) is 21.9. The number of amides is 1. The fraction of sp³-hybridized carbons (Fsp3) is 0.471. The Kier molecular flexibility index (Phi) is 6.73. The summed E-state index contributed by atoms with van der Waals surface area (Å²) in [6.45, 7) is 5.16. The van der Waals surface area contributed by atoms with Crippen molar-refractivity contribution in [2.75, 3.05) is 6.54 Å². The summed E-state index contributed by atoms with van der Waals surface area (Å²) in [7, 11) is 0. The van der Waals surface area contributed by atoms with E-state index in [1.165, 1.54) is 6.08 Å². The molecule has 1 aromatic rings. The lowest BCUT2D eigenvalue weighted by Crippen LogP contribution is -2.32. The number of hydrogen-bond acceptors (Lipinski definition) is 2. The molecule has 146 valence electrons. The zero-order chi connectivity index (χ0) is 20.2. The van der Waals surface area contributed by atoms with Gasteiger partial charge in [-0.1, -0.05) is 12.2 Å². The lowest BCUT2D eigenvalue weighted by atomic mass is 10.0. The molecule has 0 aliphatic heterocycles. The van der Waals surface area contributed by atoms with Crippen LogP contribution >= 0.6 is 0 Å². The molecule has 0 saturated carbocycles. The summed E-state index contributed by atoms with van der Waals surface area (Å²) in [5, 5.41) is 2.42. The molecule has 1 amide bonds. The normalized spacial score (nSPS) is 13.1. The average Bonchev–Trinajstić information content (AvgIpc) is 2.42. The minimum Gasteiger partial charge on any atom is -0.444 e. The number of ether oxygens (including phenoxy) is 1. The topological polar surface area (TPSA) is 38.3 Å². The van der Waals surface area contributed by atoms with Crippen LogP contribution in [0.5, 0.6) is 0 Å². The molecule has 0 bridgehead atoms. The molecular weight excluding hydrogens is 364 g/mol. The summed E-state index contributed by atoms with van der Waals surface area (Å²) in [4.78, 5) is 11.4. The Morgan fingerprint density at radius 1 is 1.00 bits per heavy atom. The molecule has 0 aliphatic rings. The number of carbonyl (C=O) groups is 1. The first-order chi connectivity index (χ1) is 11.7. The van der Waals surface area contributed by atoms with E-state index in [0.717, 1.165) is 6.08 Å². The van der Waals surface area contributed by atoms with Gasteiger partial charge >= 0.3 is 18.4 Å². The molecule has 0 aliphatic carbocycles. The second-order valence-electron chi connectivity index (χ2n) is 6.46. The monoisotopic (exact) mass is 383 g/mol. The largest absolute Gasteiger partial charge is 0.444 e. The highest BCUT2D eigenvalue weighted by molar-refractivity contribution is 5.67. The van der Waals surface area contributed by atoms with E-state index in [1.807, 2.05) is 0 Å². The SMILES string of the molecule is CC(C)(C)OC(=O)NCCC=Cc1cc(C(F)(F)F)cc(C(F)(F)F)c1. The molecule has 1 rings (SSSR count). The van der Waals surface area contributed by atoms with Crippen LogP contribution in [0.2, 0.25) is 0 Å². The van der Waals surface area contributed by atoms with Gasteiger partial charge in [0.25, 0.3) is 0 Å². The summed E-state index contributed by atoms with van der Waals surface area (Å²) in [6.07, 6.45) is -7.72. The second-order valence-corrected chi connectivity index (χ2v) is 6.46. The average molecular weight is 383 g/mol. The van der Waals surface area contributed by atoms with Crippen LogP contribution < -0.4 is 5.32 Å². The summed E-state index contributed by atoms with van der Waals surface area (Å²) >= 11 is 0. The molecule has 0 heterocycles. The van der Waals surface area contributed by atoms with Crippen LogP contribution in [-0.4, -0.2) is 18.2 Å². The molecule has 9 heteroatoms. The Balaban J connectivity index is 2.77. The molecule has 1 aromatic carbocycles. The van der Waals surface area contributed by atoms with E-state index in [0.29, 0.717) is 12.1 Å². The maximum Gasteiger partial charge on any atom is 0.416 e. The van der Waals surface area contributed by atoms with Crippen LogP contribution in [0.1, 0.15) is 43.9 Å². The summed E-state index contributed by atoms with van der Waals surface area (Å²) < 4.78 is 81.5. The smallest absolute Gasteiger partial charge is 0.416 e. The van der Waals surface area contributed by atoms with Gasteiger partial charge < -0.3 is 10.1 Å². The molecular formula is C17H19F6NO2. The Morgan fingerprint density at radius 2 is 1.50 bits per heavy atom. The number of rotatable bonds is 4. The van der Waals surface area contributed by atoms with Gasteiger partial charge in [0.05, 0.1) is 11.1 Å². The van der Waals surface area contributed by atoms with E-state index >= 15 is 0 Å². The van der Waals surface area contributed by atoms with Gasteiger partial charge in [0.2, 0.25) is 0 Å². The van der Waals surface area contributed by atoms with Gasteiger partial charge in [-0.15, -0.1) is 0 Å². The van der Waals surface area contributed by atoms with Crippen LogP contribution in [-0.2, 0) is 17.1 Å². The van der Waals surface area contributed by atoms with Gasteiger partial charge in [-0.25, -0.2) is 4.79 Å². The van der Waals surface area contributed by atoms with Crippen molar-refractivity contribution in [3.8, 4) is 0 Å². The van der Waals surface area contributed by atoms with Crippen molar-refractivity contribution in [3.05, 3.63) is 41.0 Å². The molecule has 0 radical (unpaired) electrons. The second kappa shape index (κ2) is 8.01. The van der Waals surface area contributed by atoms with Crippen LogP contribution in [0, 0.1) is 0 Å². The number of benzene rings is 1. The molecule has 0 saturated heterocycles. The van der Waals surface area contributed by atoms with Crippen molar-refractivity contribution in [2.45, 2.75) is 45.1 Å². The molecule has 0 unspecified atom stereocenters. The summed E-state index contributed by atoms with van der Waals surface area (Å²) in [6, 6.07) is 1.33. The van der Waals surface area contributed by atoms with Crippen molar-refractivity contribution in [1.82, 2.24) is 5.32 Å². The standard InChI is InChI=1S/C17H19F6NO2/c1-15(2,3)26-14(25)24-7-5-4-6-11-8-12(16(18,19)20)10-13(9-11)17(21,22)23/h4,6,8-10H,5,7H2,1-3H3,(H,24,25). The van der Waals surface area contributed by atoms with Crippen molar-refractivity contribution in [2.24, 2.45) is 0 Å². The fourth-order valence-electron chi connectivity index (χ4n) is 1.87. The number of carbonyl (C=O) groups excluding carboxylic acids is 1. The van der Waals surface area contributed by atoms with E-state index in [2.05, 4.69) is 5.32 Å². The lowest BCUT2D eigenvalue weighted by Gasteiger charge is -2.19. The predicted molar refractivity (Wildman–Crippen MR) is 84.3 cm³/mol. The molecule has 0 atom stereocenters. The third kappa shape index (κ3) is 7.79. The molecule has 0 aromatic heterocycles. The first-order valence-electron chi connectivity index (χ1n) is 7.61. The highest BCUT2D eigenvalue weighted by atomic mass is 19.4. The van der Waals surface area contributed by atoms with Crippen molar-refractivity contribution < 1.29 is 35.9 Å². The number of nitrogens with one attached hydrogen (secondary N) is 1.